The molecule has 7 nitrogen and oxygen atoms in total. The lowest BCUT2D eigenvalue weighted by Gasteiger charge is -2.24. The molecule has 21 heavy (non-hydrogen) atoms. The predicted molar refractivity (Wildman–Crippen MR) is 79.2 cm³/mol. The third-order valence-electron chi connectivity index (χ3n) is 3.41. The number of nitrogens with one attached hydrogen (secondary N) is 1. The van der Waals surface area contributed by atoms with Crippen LogP contribution >= 0.6 is 0 Å². The summed E-state index contributed by atoms with van der Waals surface area (Å²) in [5, 5.41) is 22.4. The van der Waals surface area contributed by atoms with Crippen LogP contribution in [0.1, 0.15) is 44.1 Å². The summed E-state index contributed by atoms with van der Waals surface area (Å²) < 4.78 is 1.56. The molecule has 0 aromatic carbocycles. The van der Waals surface area contributed by atoms with Gasteiger partial charge in [0, 0.05) is 25.8 Å². The van der Waals surface area contributed by atoms with Crippen molar-refractivity contribution < 1.29 is 14.8 Å². The molecule has 1 aromatic rings. The Balaban J connectivity index is 2.73. The van der Waals surface area contributed by atoms with Gasteiger partial charge in [-0.3, -0.25) is 14.9 Å². The number of carbonyl (C=O) groups excluding carboxylic acids is 1. The monoisotopic (exact) mass is 297 g/mol. The molecule has 1 rings (SSSR count). The second kappa shape index (κ2) is 7.21. The first kappa shape index (κ1) is 17.2. The Labute approximate surface area is 124 Å². The van der Waals surface area contributed by atoms with E-state index < -0.39 is 4.92 Å². The van der Waals surface area contributed by atoms with E-state index in [1.54, 1.807) is 4.57 Å². The zero-order valence-electron chi connectivity index (χ0n) is 12.8. The van der Waals surface area contributed by atoms with Crippen LogP contribution < -0.4 is 5.32 Å². The van der Waals surface area contributed by atoms with E-state index in [0.717, 1.165) is 6.42 Å². The summed E-state index contributed by atoms with van der Waals surface area (Å²) in [5.41, 5.74) is 0.0808. The van der Waals surface area contributed by atoms with Crippen molar-refractivity contribution in [2.24, 2.45) is 5.41 Å². The Kier molecular flexibility index (Phi) is 5.90. The van der Waals surface area contributed by atoms with Crippen LogP contribution in [0, 0.1) is 15.5 Å². The molecule has 118 valence electrons. The van der Waals surface area contributed by atoms with Gasteiger partial charge in [-0.1, -0.05) is 13.8 Å². The number of rotatable bonds is 8. The van der Waals surface area contributed by atoms with E-state index in [-0.39, 0.29) is 23.6 Å². The molecule has 0 fully saturated rings. The second-order valence-corrected chi connectivity index (χ2v) is 5.80. The summed E-state index contributed by atoms with van der Waals surface area (Å²) in [5.74, 6) is -0.318. The first-order valence-corrected chi connectivity index (χ1v) is 7.04. The van der Waals surface area contributed by atoms with Gasteiger partial charge in [-0.2, -0.15) is 0 Å². The maximum atomic E-state index is 12.2. The number of hydrogen-bond donors (Lipinski definition) is 2. The topological polar surface area (TPSA) is 97.4 Å². The quantitative estimate of drug-likeness (QED) is 0.566. The highest BCUT2D eigenvalue weighted by Gasteiger charge is 2.22. The Morgan fingerprint density at radius 3 is 2.71 bits per heavy atom. The van der Waals surface area contributed by atoms with Crippen LogP contribution in [0.25, 0.3) is 0 Å². The van der Waals surface area contributed by atoms with Crippen LogP contribution in [-0.2, 0) is 6.54 Å². The van der Waals surface area contributed by atoms with Crippen LogP contribution in [0.15, 0.2) is 12.3 Å². The van der Waals surface area contributed by atoms with Gasteiger partial charge in [0.2, 0.25) is 0 Å². The number of aromatic nitrogens is 1. The maximum Gasteiger partial charge on any atom is 0.287 e. The summed E-state index contributed by atoms with van der Waals surface area (Å²) in [6.07, 6.45) is 2.84. The number of aliphatic hydroxyl groups excluding tert-OH is 1. The number of aryl methyl sites for hydroxylation is 1. The molecule has 7 heteroatoms. The van der Waals surface area contributed by atoms with E-state index in [9.17, 15) is 14.9 Å². The summed E-state index contributed by atoms with van der Waals surface area (Å²) in [4.78, 5) is 22.4. The van der Waals surface area contributed by atoms with Crippen molar-refractivity contribution in [3.63, 3.8) is 0 Å². The molecule has 0 bridgehead atoms. The average molecular weight is 297 g/mol. The standard InChI is InChI=1S/C14H23N3O4/c1-4-16-9-11(17(20)21)8-12(16)13(19)15-10-14(2,3)6-5-7-18/h8-9,18H,4-7,10H2,1-3H3,(H,15,19). The van der Waals surface area contributed by atoms with Gasteiger partial charge >= 0.3 is 0 Å². The van der Waals surface area contributed by atoms with Gasteiger partial charge < -0.3 is 15.0 Å². The molecule has 0 aliphatic rings. The molecule has 0 aliphatic carbocycles. The van der Waals surface area contributed by atoms with Crippen LogP contribution in [0.3, 0.4) is 0 Å². The van der Waals surface area contributed by atoms with Crippen LogP contribution in [0.5, 0.6) is 0 Å². The summed E-state index contributed by atoms with van der Waals surface area (Å²) in [7, 11) is 0. The first-order valence-electron chi connectivity index (χ1n) is 7.04. The minimum Gasteiger partial charge on any atom is -0.396 e. The fourth-order valence-corrected chi connectivity index (χ4v) is 2.10. The lowest BCUT2D eigenvalue weighted by Crippen LogP contribution is -2.35. The molecule has 0 spiro atoms. The van der Waals surface area contributed by atoms with Gasteiger partial charge in [-0.05, 0) is 25.2 Å². The molecule has 0 unspecified atom stereocenters. The summed E-state index contributed by atoms with van der Waals surface area (Å²) in [6.45, 7) is 6.90. The van der Waals surface area contributed by atoms with E-state index in [1.165, 1.54) is 12.3 Å². The van der Waals surface area contributed by atoms with E-state index >= 15 is 0 Å². The smallest absolute Gasteiger partial charge is 0.287 e. The van der Waals surface area contributed by atoms with Crippen molar-refractivity contribution in [1.82, 2.24) is 9.88 Å². The van der Waals surface area contributed by atoms with Gasteiger partial charge in [0.15, 0.2) is 0 Å². The Hall–Kier alpha value is -1.89. The molecule has 0 atom stereocenters. The third-order valence-corrected chi connectivity index (χ3v) is 3.41. The number of aliphatic hydroxyl groups is 1. The molecule has 1 aromatic heterocycles. The largest absolute Gasteiger partial charge is 0.396 e. The van der Waals surface area contributed by atoms with E-state index in [1.807, 2.05) is 20.8 Å². The Bertz CT molecular complexity index is 508. The minimum atomic E-state index is -0.506. The highest BCUT2D eigenvalue weighted by molar-refractivity contribution is 5.93. The lowest BCUT2D eigenvalue weighted by atomic mass is 9.88. The fourth-order valence-electron chi connectivity index (χ4n) is 2.10. The van der Waals surface area contributed by atoms with Crippen molar-refractivity contribution in [1.29, 1.82) is 0 Å². The number of carbonyl (C=O) groups is 1. The molecule has 0 radical (unpaired) electrons. The SMILES string of the molecule is CCn1cc([N+](=O)[O-])cc1C(=O)NCC(C)(C)CCCO. The maximum absolute atomic E-state index is 12.2. The zero-order chi connectivity index (χ0) is 16.0. The van der Waals surface area contributed by atoms with Gasteiger partial charge in [-0.25, -0.2) is 0 Å². The number of amides is 1. The number of nitro groups is 1. The van der Waals surface area contributed by atoms with Crippen molar-refractivity contribution in [3.8, 4) is 0 Å². The highest BCUT2D eigenvalue weighted by Crippen LogP contribution is 2.21. The fraction of sp³-hybridized carbons (Fsp3) is 0.643. The average Bonchev–Trinajstić information content (AvgIpc) is 2.87. The van der Waals surface area contributed by atoms with E-state index in [2.05, 4.69) is 5.32 Å². The lowest BCUT2D eigenvalue weighted by molar-refractivity contribution is -0.384. The Morgan fingerprint density at radius 2 is 2.19 bits per heavy atom. The summed E-state index contributed by atoms with van der Waals surface area (Å²) in [6, 6.07) is 1.29. The third kappa shape index (κ3) is 4.86. The molecular weight excluding hydrogens is 274 g/mol. The van der Waals surface area contributed by atoms with Gasteiger partial charge in [0.05, 0.1) is 11.1 Å². The molecule has 1 amide bonds. The van der Waals surface area contributed by atoms with Crippen molar-refractivity contribution >= 4 is 11.6 Å². The molecule has 0 aliphatic heterocycles. The number of hydrogen-bond acceptors (Lipinski definition) is 4. The summed E-state index contributed by atoms with van der Waals surface area (Å²) >= 11 is 0. The highest BCUT2D eigenvalue weighted by atomic mass is 16.6. The molecule has 0 saturated carbocycles. The van der Waals surface area contributed by atoms with E-state index in [0.29, 0.717) is 25.2 Å². The molecule has 0 saturated heterocycles. The normalized spacial score (nSPS) is 11.4. The minimum absolute atomic E-state index is 0.0819. The predicted octanol–water partition coefficient (Wildman–Crippen LogP) is 1.94. The second-order valence-electron chi connectivity index (χ2n) is 5.80. The van der Waals surface area contributed by atoms with E-state index in [4.69, 9.17) is 5.11 Å². The van der Waals surface area contributed by atoms with Crippen LogP contribution in [0.4, 0.5) is 5.69 Å². The van der Waals surface area contributed by atoms with Gasteiger partial charge in [0.25, 0.3) is 11.6 Å². The van der Waals surface area contributed by atoms with Gasteiger partial charge in [0.1, 0.15) is 5.69 Å². The van der Waals surface area contributed by atoms with Crippen molar-refractivity contribution in [3.05, 3.63) is 28.1 Å². The Morgan fingerprint density at radius 1 is 1.52 bits per heavy atom. The van der Waals surface area contributed by atoms with Gasteiger partial charge in [-0.15, -0.1) is 0 Å². The van der Waals surface area contributed by atoms with Crippen molar-refractivity contribution in [2.45, 2.75) is 40.2 Å². The van der Waals surface area contributed by atoms with Crippen LogP contribution in [-0.4, -0.2) is 33.7 Å². The van der Waals surface area contributed by atoms with Crippen molar-refractivity contribution in [2.75, 3.05) is 13.2 Å². The first-order chi connectivity index (χ1) is 9.80. The molecule has 2 N–H and O–H groups in total. The zero-order valence-corrected chi connectivity index (χ0v) is 12.8. The van der Waals surface area contributed by atoms with Crippen LogP contribution in [0.2, 0.25) is 0 Å². The number of nitrogens with zero attached hydrogens (tertiary/aromatic N) is 2. The molecule has 1 heterocycles. The molecular formula is C14H23N3O4.